The maximum atomic E-state index is 3.62. The lowest BCUT2D eigenvalue weighted by atomic mass is 10.0. The Hall–Kier alpha value is -0.0400. The van der Waals surface area contributed by atoms with Crippen molar-refractivity contribution in [3.05, 3.63) is 0 Å². The first-order valence-corrected chi connectivity index (χ1v) is 5.42. The van der Waals surface area contributed by atoms with Gasteiger partial charge in [0, 0.05) is 6.04 Å². The molecule has 0 aromatic carbocycles. The van der Waals surface area contributed by atoms with Crippen LogP contribution in [0.3, 0.4) is 0 Å². The predicted octanol–water partition coefficient (Wildman–Crippen LogP) is 2.95. The second kappa shape index (κ2) is 4.27. The number of rotatable bonds is 6. The van der Waals surface area contributed by atoms with Crippen LogP contribution in [0.4, 0.5) is 0 Å². The van der Waals surface area contributed by atoms with Crippen molar-refractivity contribution in [3.8, 4) is 0 Å². The summed E-state index contributed by atoms with van der Waals surface area (Å²) in [6.45, 7) is 8.19. The Labute approximate surface area is 76.9 Å². The average molecular weight is 169 g/mol. The maximum Gasteiger partial charge on any atom is 0.00925 e. The van der Waals surface area contributed by atoms with E-state index in [0.29, 0.717) is 5.41 Å². The maximum absolute atomic E-state index is 3.62. The summed E-state index contributed by atoms with van der Waals surface area (Å²) >= 11 is 0. The van der Waals surface area contributed by atoms with Crippen molar-refractivity contribution in [1.29, 1.82) is 0 Å². The first kappa shape index (κ1) is 10.0. The van der Waals surface area contributed by atoms with Gasteiger partial charge in [0.2, 0.25) is 0 Å². The van der Waals surface area contributed by atoms with Crippen LogP contribution in [0, 0.1) is 5.41 Å². The smallest absolute Gasteiger partial charge is 0.00925 e. The van der Waals surface area contributed by atoms with E-state index >= 15 is 0 Å². The van der Waals surface area contributed by atoms with Crippen molar-refractivity contribution in [2.24, 2.45) is 5.41 Å². The number of nitrogens with one attached hydrogen (secondary N) is 1. The van der Waals surface area contributed by atoms with Crippen molar-refractivity contribution in [2.45, 2.75) is 58.9 Å². The molecule has 1 aliphatic rings. The van der Waals surface area contributed by atoms with Crippen LogP contribution in [-0.2, 0) is 0 Å². The van der Waals surface area contributed by atoms with Gasteiger partial charge >= 0.3 is 0 Å². The van der Waals surface area contributed by atoms with Crippen molar-refractivity contribution in [3.63, 3.8) is 0 Å². The van der Waals surface area contributed by atoms with Crippen molar-refractivity contribution < 1.29 is 0 Å². The third-order valence-corrected chi connectivity index (χ3v) is 3.31. The van der Waals surface area contributed by atoms with Gasteiger partial charge < -0.3 is 5.32 Å². The molecule has 1 rings (SSSR count). The number of unbranched alkanes of at least 4 members (excludes halogenated alkanes) is 2. The summed E-state index contributed by atoms with van der Waals surface area (Å²) in [5.74, 6) is 0. The highest BCUT2D eigenvalue weighted by atomic mass is 14.9. The summed E-state index contributed by atoms with van der Waals surface area (Å²) in [4.78, 5) is 0. The van der Waals surface area contributed by atoms with E-state index in [9.17, 15) is 0 Å². The third-order valence-electron chi connectivity index (χ3n) is 3.31. The van der Waals surface area contributed by atoms with Gasteiger partial charge in [-0.2, -0.15) is 0 Å². The van der Waals surface area contributed by atoms with Crippen LogP contribution in [0.15, 0.2) is 0 Å². The minimum Gasteiger partial charge on any atom is -0.314 e. The minimum atomic E-state index is 0.645. The van der Waals surface area contributed by atoms with Crippen molar-refractivity contribution in [2.75, 3.05) is 6.54 Å². The first-order chi connectivity index (χ1) is 5.69. The van der Waals surface area contributed by atoms with Gasteiger partial charge in [0.15, 0.2) is 0 Å². The van der Waals surface area contributed by atoms with E-state index in [-0.39, 0.29) is 0 Å². The Morgan fingerprint density at radius 2 is 2.00 bits per heavy atom. The molecule has 1 unspecified atom stereocenters. The van der Waals surface area contributed by atoms with Gasteiger partial charge in [-0.1, -0.05) is 26.7 Å². The minimum absolute atomic E-state index is 0.645. The van der Waals surface area contributed by atoms with E-state index in [1.807, 2.05) is 0 Å². The molecule has 12 heavy (non-hydrogen) atoms. The van der Waals surface area contributed by atoms with E-state index in [1.54, 1.807) is 0 Å². The standard InChI is InChI=1S/C11H23N/c1-4-5-6-9-12-10(2)11(3)7-8-11/h10,12H,4-9H2,1-3H3. The summed E-state index contributed by atoms with van der Waals surface area (Å²) < 4.78 is 0. The topological polar surface area (TPSA) is 12.0 Å². The lowest BCUT2D eigenvalue weighted by Gasteiger charge is -2.20. The average Bonchev–Trinajstić information content (AvgIpc) is 2.78. The quantitative estimate of drug-likeness (QED) is 0.603. The summed E-state index contributed by atoms with van der Waals surface area (Å²) in [7, 11) is 0. The molecular weight excluding hydrogens is 146 g/mol. The fourth-order valence-corrected chi connectivity index (χ4v) is 1.57. The molecule has 1 atom stereocenters. The molecule has 1 saturated carbocycles. The van der Waals surface area contributed by atoms with Gasteiger partial charge in [-0.05, 0) is 38.1 Å². The molecule has 1 aliphatic carbocycles. The van der Waals surface area contributed by atoms with Gasteiger partial charge in [-0.3, -0.25) is 0 Å². The van der Waals surface area contributed by atoms with Crippen LogP contribution in [0.1, 0.15) is 52.9 Å². The zero-order chi connectivity index (χ0) is 9.03. The van der Waals surface area contributed by atoms with Gasteiger partial charge in [-0.25, -0.2) is 0 Å². The normalized spacial score (nSPS) is 22.2. The fraction of sp³-hybridized carbons (Fsp3) is 1.00. The highest BCUT2D eigenvalue weighted by Crippen LogP contribution is 2.47. The molecule has 0 aliphatic heterocycles. The molecule has 0 amide bonds. The molecule has 1 heteroatoms. The molecule has 72 valence electrons. The molecule has 0 aromatic rings. The predicted molar refractivity (Wildman–Crippen MR) is 54.3 cm³/mol. The molecule has 0 spiro atoms. The second-order valence-corrected chi connectivity index (χ2v) is 4.54. The zero-order valence-corrected chi connectivity index (χ0v) is 8.82. The van der Waals surface area contributed by atoms with E-state index in [0.717, 1.165) is 6.04 Å². The SMILES string of the molecule is CCCCCNC(C)C1(C)CC1. The first-order valence-electron chi connectivity index (χ1n) is 5.42. The van der Waals surface area contributed by atoms with E-state index in [1.165, 1.54) is 38.6 Å². The van der Waals surface area contributed by atoms with E-state index < -0.39 is 0 Å². The molecule has 0 heterocycles. The lowest BCUT2D eigenvalue weighted by molar-refractivity contribution is 0.377. The molecule has 0 radical (unpaired) electrons. The Balaban J connectivity index is 1.99. The largest absolute Gasteiger partial charge is 0.314 e. The molecule has 0 aromatic heterocycles. The lowest BCUT2D eigenvalue weighted by Crippen LogP contribution is -2.33. The van der Waals surface area contributed by atoms with Crippen molar-refractivity contribution in [1.82, 2.24) is 5.32 Å². The molecule has 1 N–H and O–H groups in total. The fourth-order valence-electron chi connectivity index (χ4n) is 1.57. The monoisotopic (exact) mass is 169 g/mol. The Kier molecular flexibility index (Phi) is 3.57. The van der Waals surface area contributed by atoms with Crippen LogP contribution in [0.5, 0.6) is 0 Å². The Morgan fingerprint density at radius 3 is 2.50 bits per heavy atom. The van der Waals surface area contributed by atoms with Gasteiger partial charge in [-0.15, -0.1) is 0 Å². The summed E-state index contributed by atoms with van der Waals surface area (Å²) in [5, 5.41) is 3.62. The highest BCUT2D eigenvalue weighted by Gasteiger charge is 2.41. The van der Waals surface area contributed by atoms with Crippen LogP contribution in [0.2, 0.25) is 0 Å². The zero-order valence-electron chi connectivity index (χ0n) is 8.82. The van der Waals surface area contributed by atoms with Gasteiger partial charge in [0.05, 0.1) is 0 Å². The van der Waals surface area contributed by atoms with E-state index in [2.05, 4.69) is 26.1 Å². The van der Waals surface area contributed by atoms with Crippen LogP contribution in [-0.4, -0.2) is 12.6 Å². The van der Waals surface area contributed by atoms with E-state index in [4.69, 9.17) is 0 Å². The summed E-state index contributed by atoms with van der Waals surface area (Å²) in [6.07, 6.45) is 6.89. The molecule has 1 nitrogen and oxygen atoms in total. The van der Waals surface area contributed by atoms with Crippen LogP contribution in [0.25, 0.3) is 0 Å². The van der Waals surface area contributed by atoms with Crippen LogP contribution >= 0.6 is 0 Å². The number of hydrogen-bond acceptors (Lipinski definition) is 1. The Bertz CT molecular complexity index is 127. The highest BCUT2D eigenvalue weighted by molar-refractivity contribution is 4.96. The molecule has 0 saturated heterocycles. The Morgan fingerprint density at radius 1 is 1.33 bits per heavy atom. The van der Waals surface area contributed by atoms with Gasteiger partial charge in [0.25, 0.3) is 0 Å². The third kappa shape index (κ3) is 2.78. The molecule has 1 fully saturated rings. The molecular formula is C11H23N. The summed E-state index contributed by atoms with van der Waals surface area (Å²) in [6, 6.07) is 0.731. The molecule has 0 bridgehead atoms. The summed E-state index contributed by atoms with van der Waals surface area (Å²) in [5.41, 5.74) is 0.645. The van der Waals surface area contributed by atoms with Gasteiger partial charge in [0.1, 0.15) is 0 Å². The second-order valence-electron chi connectivity index (χ2n) is 4.54. The van der Waals surface area contributed by atoms with Crippen LogP contribution < -0.4 is 5.32 Å². The number of hydrogen-bond donors (Lipinski definition) is 1. The van der Waals surface area contributed by atoms with Crippen molar-refractivity contribution >= 4 is 0 Å².